The van der Waals surface area contributed by atoms with Crippen LogP contribution in [0.5, 0.6) is 11.5 Å². The van der Waals surface area contributed by atoms with Crippen molar-refractivity contribution in [2.45, 2.75) is 38.2 Å². The number of hydrogen-bond donors (Lipinski definition) is 1. The summed E-state index contributed by atoms with van der Waals surface area (Å²) in [4.78, 5) is 27.2. The Morgan fingerprint density at radius 3 is 2.22 bits per heavy atom. The van der Waals surface area contributed by atoms with Gasteiger partial charge in [0.05, 0.1) is 19.3 Å². The van der Waals surface area contributed by atoms with Gasteiger partial charge in [0.2, 0.25) is 0 Å². The number of ketones is 1. The smallest absolute Gasteiger partial charge is 0.336 e. The number of methoxy groups -OCH3 is 2. The number of benzene rings is 3. The number of allylic oxidation sites excluding steroid dienone is 3. The first-order valence-electron chi connectivity index (χ1n) is 13.8. The van der Waals surface area contributed by atoms with Crippen molar-refractivity contribution in [3.05, 3.63) is 118 Å². The fraction of sp³-hybridized carbons (Fsp3) is 0.294. The van der Waals surface area contributed by atoms with Crippen LogP contribution in [0.1, 0.15) is 48.3 Å². The molecule has 0 amide bonds. The average molecular weight is 554 g/mol. The van der Waals surface area contributed by atoms with Crippen LogP contribution in [0.3, 0.4) is 0 Å². The summed E-state index contributed by atoms with van der Waals surface area (Å²) in [6, 6.07) is 25.5. The molecule has 0 aromatic heterocycles. The van der Waals surface area contributed by atoms with Gasteiger partial charge >= 0.3 is 5.97 Å². The molecule has 1 N–H and O–H groups in total. The van der Waals surface area contributed by atoms with Gasteiger partial charge in [-0.2, -0.15) is 0 Å². The number of ether oxygens (including phenoxy) is 4. The van der Waals surface area contributed by atoms with Crippen LogP contribution in [0.15, 0.2) is 101 Å². The van der Waals surface area contributed by atoms with E-state index in [1.54, 1.807) is 14.2 Å². The van der Waals surface area contributed by atoms with Gasteiger partial charge in [-0.25, -0.2) is 4.79 Å². The first kappa shape index (κ1) is 28.2. The van der Waals surface area contributed by atoms with E-state index >= 15 is 0 Å². The average Bonchev–Trinajstić information content (AvgIpc) is 3.00. The molecular weight excluding hydrogens is 518 g/mol. The number of Topliss-reactive ketones (excluding diaryl/α,β-unsaturated/α-hetero) is 1. The van der Waals surface area contributed by atoms with Gasteiger partial charge in [0.25, 0.3) is 0 Å². The molecule has 0 bridgehead atoms. The number of carbonyl (C=O) groups is 2. The van der Waals surface area contributed by atoms with Crippen LogP contribution in [-0.4, -0.2) is 39.2 Å². The number of hydrogen-bond acceptors (Lipinski definition) is 7. The molecule has 0 unspecified atom stereocenters. The minimum Gasteiger partial charge on any atom is -0.497 e. The second-order valence-electron chi connectivity index (χ2n) is 10.3. The molecule has 1 heterocycles. The maximum Gasteiger partial charge on any atom is 0.336 e. The highest BCUT2D eigenvalue weighted by molar-refractivity contribution is 6.04. The maximum absolute atomic E-state index is 13.8. The number of dihydropyridines is 1. The van der Waals surface area contributed by atoms with Crippen molar-refractivity contribution in [1.82, 2.24) is 5.32 Å². The van der Waals surface area contributed by atoms with Gasteiger partial charge in [0, 0.05) is 36.4 Å². The molecule has 0 saturated heterocycles. The van der Waals surface area contributed by atoms with Crippen LogP contribution in [0.2, 0.25) is 0 Å². The Hall–Kier alpha value is -4.36. The molecule has 1 aliphatic carbocycles. The normalized spacial score (nSPS) is 18.5. The Morgan fingerprint density at radius 2 is 1.54 bits per heavy atom. The van der Waals surface area contributed by atoms with Crippen LogP contribution in [0.4, 0.5) is 0 Å². The first-order chi connectivity index (χ1) is 20.0. The Balaban J connectivity index is 1.45. The van der Waals surface area contributed by atoms with Crippen LogP contribution >= 0.6 is 0 Å². The van der Waals surface area contributed by atoms with Gasteiger partial charge in [0.15, 0.2) is 5.78 Å². The largest absolute Gasteiger partial charge is 0.497 e. The minimum atomic E-state index is -0.547. The summed E-state index contributed by atoms with van der Waals surface area (Å²) in [6.45, 7) is 2.73. The highest BCUT2D eigenvalue weighted by atomic mass is 16.6. The molecule has 3 aromatic carbocycles. The Bertz CT molecular complexity index is 1440. The fourth-order valence-electron chi connectivity index (χ4n) is 5.55. The van der Waals surface area contributed by atoms with E-state index in [0.717, 1.165) is 28.1 Å². The van der Waals surface area contributed by atoms with E-state index in [1.165, 1.54) is 0 Å². The SMILES string of the molecule is COCCOC(=O)C1=C(C)NC2=C(C(=O)C[C@H](c3ccc(OC)cc3)C2)[C@H]1c1ccc(OCc2ccccc2)cc1. The summed E-state index contributed by atoms with van der Waals surface area (Å²) in [5.74, 6) is 0.519. The molecule has 2 atom stereocenters. The van der Waals surface area contributed by atoms with Crippen LogP contribution in [0.25, 0.3) is 0 Å². The Morgan fingerprint density at radius 1 is 0.854 bits per heavy atom. The molecule has 7 heteroatoms. The Kier molecular flexibility index (Phi) is 8.85. The van der Waals surface area contributed by atoms with E-state index in [0.29, 0.717) is 48.6 Å². The van der Waals surface area contributed by atoms with E-state index in [1.807, 2.05) is 85.8 Å². The quantitative estimate of drug-likeness (QED) is 0.250. The number of carbonyl (C=O) groups excluding carboxylic acids is 2. The number of nitrogens with one attached hydrogen (secondary N) is 1. The lowest BCUT2D eigenvalue weighted by Gasteiger charge is -2.36. The summed E-state index contributed by atoms with van der Waals surface area (Å²) in [6.07, 6.45) is 1.01. The maximum atomic E-state index is 13.8. The van der Waals surface area contributed by atoms with Crippen molar-refractivity contribution in [2.75, 3.05) is 27.4 Å². The lowest BCUT2D eigenvalue weighted by Crippen LogP contribution is -2.36. The number of esters is 1. The van der Waals surface area contributed by atoms with E-state index in [2.05, 4.69) is 5.32 Å². The standard InChI is InChI=1S/C34H35NO6/c1-22-31(34(37)40-18-17-38-2)32(25-11-15-28(16-12-25)41-21-23-7-5-4-6-8-23)33-29(35-22)19-26(20-30(33)36)24-9-13-27(39-3)14-10-24/h4-16,26,32,35H,17-21H2,1-3H3/t26-,32+/m1/s1. The molecule has 0 saturated carbocycles. The monoisotopic (exact) mass is 553 g/mol. The van der Waals surface area contributed by atoms with Crippen molar-refractivity contribution in [1.29, 1.82) is 0 Å². The van der Waals surface area contributed by atoms with Gasteiger partial charge < -0.3 is 24.3 Å². The highest BCUT2D eigenvalue weighted by Gasteiger charge is 2.41. The summed E-state index contributed by atoms with van der Waals surface area (Å²) < 4.78 is 21.9. The highest BCUT2D eigenvalue weighted by Crippen LogP contribution is 2.46. The fourth-order valence-corrected chi connectivity index (χ4v) is 5.55. The van der Waals surface area contributed by atoms with Crippen molar-refractivity contribution in [3.63, 3.8) is 0 Å². The molecule has 5 rings (SSSR count). The third kappa shape index (κ3) is 6.36. The van der Waals surface area contributed by atoms with Gasteiger partial charge in [0.1, 0.15) is 24.7 Å². The van der Waals surface area contributed by atoms with E-state index in [9.17, 15) is 9.59 Å². The van der Waals surface area contributed by atoms with E-state index in [4.69, 9.17) is 18.9 Å². The molecule has 41 heavy (non-hydrogen) atoms. The molecule has 212 valence electrons. The lowest BCUT2D eigenvalue weighted by atomic mass is 9.71. The first-order valence-corrected chi connectivity index (χ1v) is 13.8. The number of rotatable bonds is 10. The van der Waals surface area contributed by atoms with Crippen LogP contribution < -0.4 is 14.8 Å². The van der Waals surface area contributed by atoms with Gasteiger partial charge in [-0.15, -0.1) is 0 Å². The molecule has 7 nitrogen and oxygen atoms in total. The predicted octanol–water partition coefficient (Wildman–Crippen LogP) is 5.83. The van der Waals surface area contributed by atoms with Gasteiger partial charge in [-0.05, 0) is 60.2 Å². The second-order valence-corrected chi connectivity index (χ2v) is 10.3. The summed E-state index contributed by atoms with van der Waals surface area (Å²) in [7, 11) is 3.19. The van der Waals surface area contributed by atoms with Crippen molar-refractivity contribution in [2.24, 2.45) is 0 Å². The molecular formula is C34H35NO6. The van der Waals surface area contributed by atoms with Crippen molar-refractivity contribution < 1.29 is 28.5 Å². The lowest BCUT2D eigenvalue weighted by molar-refractivity contribution is -0.140. The molecule has 0 radical (unpaired) electrons. The van der Waals surface area contributed by atoms with Crippen molar-refractivity contribution in [3.8, 4) is 11.5 Å². The van der Waals surface area contributed by atoms with E-state index < -0.39 is 11.9 Å². The van der Waals surface area contributed by atoms with Crippen LogP contribution in [0, 0.1) is 0 Å². The third-order valence-corrected chi connectivity index (χ3v) is 7.62. The van der Waals surface area contributed by atoms with E-state index in [-0.39, 0.29) is 18.3 Å². The zero-order chi connectivity index (χ0) is 28.8. The zero-order valence-electron chi connectivity index (χ0n) is 23.6. The topological polar surface area (TPSA) is 83.1 Å². The van der Waals surface area contributed by atoms with Crippen LogP contribution in [-0.2, 0) is 25.7 Å². The summed E-state index contributed by atoms with van der Waals surface area (Å²) in [5, 5.41) is 3.40. The summed E-state index contributed by atoms with van der Waals surface area (Å²) in [5.41, 5.74) is 5.58. The second kappa shape index (κ2) is 12.9. The molecule has 0 spiro atoms. The van der Waals surface area contributed by atoms with Gasteiger partial charge in [-0.3, -0.25) is 4.79 Å². The summed E-state index contributed by atoms with van der Waals surface area (Å²) >= 11 is 0. The molecule has 2 aliphatic rings. The molecule has 1 aliphatic heterocycles. The third-order valence-electron chi connectivity index (χ3n) is 7.62. The van der Waals surface area contributed by atoms with Crippen molar-refractivity contribution >= 4 is 11.8 Å². The minimum absolute atomic E-state index is 0.0173. The Labute approximate surface area is 240 Å². The molecule has 0 fully saturated rings. The predicted molar refractivity (Wildman–Crippen MR) is 156 cm³/mol. The zero-order valence-corrected chi connectivity index (χ0v) is 23.6. The molecule has 3 aromatic rings. The van der Waals surface area contributed by atoms with Gasteiger partial charge in [-0.1, -0.05) is 54.6 Å².